The van der Waals surface area contributed by atoms with Gasteiger partial charge < -0.3 is 5.11 Å². The summed E-state index contributed by atoms with van der Waals surface area (Å²) in [7, 11) is 0. The molecule has 1 N–H and O–H groups in total. The number of thioether (sulfide) groups is 2. The first kappa shape index (κ1) is 13.7. The van der Waals surface area contributed by atoms with E-state index in [1.54, 1.807) is 0 Å². The number of hydrogen-bond acceptors (Lipinski definition) is 5. The van der Waals surface area contributed by atoms with Gasteiger partial charge in [0.05, 0.1) is 5.25 Å². The van der Waals surface area contributed by atoms with Crippen LogP contribution >= 0.6 is 23.5 Å². The highest BCUT2D eigenvalue weighted by atomic mass is 32.2. The van der Waals surface area contributed by atoms with Crippen LogP contribution in [0, 0.1) is 6.92 Å². The number of aryl methyl sites for hydroxylation is 1. The lowest BCUT2D eigenvalue weighted by atomic mass is 10.2. The molecule has 2 unspecified atom stereocenters. The normalized spacial score (nSPS) is 23.9. The van der Waals surface area contributed by atoms with Crippen LogP contribution in [0.3, 0.4) is 0 Å². The maximum atomic E-state index is 11.0. The lowest BCUT2D eigenvalue weighted by molar-refractivity contribution is 0.0689. The van der Waals surface area contributed by atoms with Gasteiger partial charge in [0.2, 0.25) is 0 Å². The Morgan fingerprint density at radius 2 is 2.17 bits per heavy atom. The molecule has 0 saturated carbocycles. The summed E-state index contributed by atoms with van der Waals surface area (Å²) in [6.45, 7) is 3.98. The number of nitrogens with zero attached hydrogens (tertiary/aromatic N) is 2. The van der Waals surface area contributed by atoms with Gasteiger partial charge in [0.1, 0.15) is 5.82 Å². The van der Waals surface area contributed by atoms with Gasteiger partial charge in [-0.05, 0) is 19.4 Å². The monoisotopic (exact) mass is 284 g/mol. The molecule has 0 amide bonds. The molecule has 1 fully saturated rings. The minimum atomic E-state index is -0.983. The van der Waals surface area contributed by atoms with E-state index in [0.29, 0.717) is 11.1 Å². The van der Waals surface area contributed by atoms with Crippen LogP contribution in [0.4, 0.5) is 0 Å². The summed E-state index contributed by atoms with van der Waals surface area (Å²) in [6.07, 6.45) is 1.06. The highest BCUT2D eigenvalue weighted by Crippen LogP contribution is 2.42. The fourth-order valence-corrected chi connectivity index (χ4v) is 4.96. The molecule has 2 rings (SSSR count). The van der Waals surface area contributed by atoms with E-state index in [9.17, 15) is 4.79 Å². The average Bonchev–Trinajstić information content (AvgIpc) is 2.38. The van der Waals surface area contributed by atoms with Crippen LogP contribution < -0.4 is 0 Å². The van der Waals surface area contributed by atoms with Crippen LogP contribution in [0.2, 0.25) is 0 Å². The van der Waals surface area contributed by atoms with Crippen molar-refractivity contribution in [2.24, 2.45) is 0 Å². The second-order valence-electron chi connectivity index (χ2n) is 4.17. The molecule has 0 radical (unpaired) electrons. The highest BCUT2D eigenvalue weighted by Gasteiger charge is 2.29. The Labute approximate surface area is 115 Å². The van der Waals surface area contributed by atoms with Crippen molar-refractivity contribution >= 4 is 29.5 Å². The number of carbonyl (C=O) groups is 1. The molecular formula is C12H16N2O2S2. The van der Waals surface area contributed by atoms with Gasteiger partial charge in [0.25, 0.3) is 0 Å². The summed E-state index contributed by atoms with van der Waals surface area (Å²) in [4.78, 5) is 19.7. The number of aromatic carboxylic acids is 1. The standard InChI is InChI=1S/C12H16N2O2S2/c1-3-9-10(18-5-4-17-9)11-13-7(2)6-8(14-11)12(15)16/h6,9-10H,3-5H2,1-2H3,(H,15,16). The zero-order valence-electron chi connectivity index (χ0n) is 10.4. The molecular weight excluding hydrogens is 268 g/mol. The van der Waals surface area contributed by atoms with E-state index in [-0.39, 0.29) is 10.9 Å². The predicted octanol–water partition coefficient (Wildman–Crippen LogP) is 2.78. The third kappa shape index (κ3) is 2.98. The Hall–Kier alpha value is -0.750. The van der Waals surface area contributed by atoms with Gasteiger partial charge >= 0.3 is 5.97 Å². The van der Waals surface area contributed by atoms with E-state index in [1.165, 1.54) is 6.07 Å². The van der Waals surface area contributed by atoms with Crippen molar-refractivity contribution in [2.45, 2.75) is 30.8 Å². The van der Waals surface area contributed by atoms with E-state index in [1.807, 2.05) is 30.4 Å². The van der Waals surface area contributed by atoms with Crippen molar-refractivity contribution in [1.29, 1.82) is 0 Å². The molecule has 1 aliphatic heterocycles. The van der Waals surface area contributed by atoms with Crippen LogP contribution in [0.25, 0.3) is 0 Å². The van der Waals surface area contributed by atoms with Gasteiger partial charge in [-0.1, -0.05) is 6.92 Å². The predicted molar refractivity (Wildman–Crippen MR) is 75.5 cm³/mol. The molecule has 2 atom stereocenters. The quantitative estimate of drug-likeness (QED) is 0.921. The Kier molecular flexibility index (Phi) is 4.50. The Bertz CT molecular complexity index is 454. The number of aromatic nitrogens is 2. The molecule has 1 aromatic rings. The summed E-state index contributed by atoms with van der Waals surface area (Å²) in [5, 5.41) is 9.75. The summed E-state index contributed by atoms with van der Waals surface area (Å²) >= 11 is 3.78. The maximum Gasteiger partial charge on any atom is 0.354 e. The zero-order valence-corrected chi connectivity index (χ0v) is 12.1. The number of carboxylic acids is 1. The second-order valence-corrected chi connectivity index (χ2v) is 6.76. The van der Waals surface area contributed by atoms with Gasteiger partial charge in [0.15, 0.2) is 5.69 Å². The first-order chi connectivity index (χ1) is 8.61. The van der Waals surface area contributed by atoms with Crippen LogP contribution in [0.1, 0.15) is 40.6 Å². The molecule has 0 aromatic carbocycles. The van der Waals surface area contributed by atoms with Gasteiger partial charge in [0, 0.05) is 22.4 Å². The Morgan fingerprint density at radius 1 is 1.44 bits per heavy atom. The Morgan fingerprint density at radius 3 is 2.83 bits per heavy atom. The van der Waals surface area contributed by atoms with Gasteiger partial charge in [-0.3, -0.25) is 0 Å². The topological polar surface area (TPSA) is 63.1 Å². The molecule has 18 heavy (non-hydrogen) atoms. The van der Waals surface area contributed by atoms with Crippen LogP contribution in [-0.4, -0.2) is 37.8 Å². The average molecular weight is 284 g/mol. The Balaban J connectivity index is 2.33. The molecule has 1 aliphatic rings. The smallest absolute Gasteiger partial charge is 0.354 e. The molecule has 2 heterocycles. The number of hydrogen-bond donors (Lipinski definition) is 1. The van der Waals surface area contributed by atoms with Gasteiger partial charge in [-0.25, -0.2) is 14.8 Å². The third-order valence-corrected chi connectivity index (χ3v) is 6.04. The molecule has 0 bridgehead atoms. The van der Waals surface area contributed by atoms with E-state index in [0.717, 1.165) is 23.6 Å². The van der Waals surface area contributed by atoms with Gasteiger partial charge in [-0.15, -0.1) is 11.8 Å². The fourth-order valence-electron chi connectivity index (χ4n) is 1.97. The van der Waals surface area contributed by atoms with Crippen molar-refractivity contribution in [3.05, 3.63) is 23.3 Å². The summed E-state index contributed by atoms with van der Waals surface area (Å²) in [5.74, 6) is 1.92. The molecule has 1 aromatic heterocycles. The number of rotatable bonds is 3. The van der Waals surface area contributed by atoms with Crippen molar-refractivity contribution in [1.82, 2.24) is 9.97 Å². The minimum Gasteiger partial charge on any atom is -0.477 e. The minimum absolute atomic E-state index is 0.100. The molecule has 4 nitrogen and oxygen atoms in total. The first-order valence-electron chi connectivity index (χ1n) is 5.94. The SMILES string of the molecule is CCC1SCCSC1c1nc(C)cc(C(=O)O)n1. The lowest BCUT2D eigenvalue weighted by Gasteiger charge is -2.28. The van der Waals surface area contributed by atoms with Gasteiger partial charge in [-0.2, -0.15) is 11.8 Å². The van der Waals surface area contributed by atoms with E-state index >= 15 is 0 Å². The van der Waals surface area contributed by atoms with Crippen LogP contribution in [-0.2, 0) is 0 Å². The number of carboxylic acid groups (broad SMARTS) is 1. The van der Waals surface area contributed by atoms with Crippen LogP contribution in [0.15, 0.2) is 6.07 Å². The largest absolute Gasteiger partial charge is 0.477 e. The van der Waals surface area contributed by atoms with E-state index in [2.05, 4.69) is 16.9 Å². The molecule has 1 saturated heterocycles. The molecule has 0 aliphatic carbocycles. The third-order valence-electron chi connectivity index (χ3n) is 2.80. The zero-order chi connectivity index (χ0) is 13.1. The fraction of sp³-hybridized carbons (Fsp3) is 0.583. The van der Waals surface area contributed by atoms with Crippen molar-refractivity contribution < 1.29 is 9.90 Å². The summed E-state index contributed by atoms with van der Waals surface area (Å²) < 4.78 is 0. The molecule has 6 heteroatoms. The van der Waals surface area contributed by atoms with E-state index in [4.69, 9.17) is 5.11 Å². The second kappa shape index (κ2) is 5.93. The van der Waals surface area contributed by atoms with Crippen molar-refractivity contribution in [2.75, 3.05) is 11.5 Å². The molecule has 0 spiro atoms. The van der Waals surface area contributed by atoms with Crippen molar-refractivity contribution in [3.63, 3.8) is 0 Å². The lowest BCUT2D eigenvalue weighted by Crippen LogP contribution is -2.21. The summed E-state index contributed by atoms with van der Waals surface area (Å²) in [5.41, 5.74) is 0.826. The maximum absolute atomic E-state index is 11.0. The highest BCUT2D eigenvalue weighted by molar-refractivity contribution is 8.06. The first-order valence-corrected chi connectivity index (χ1v) is 8.03. The van der Waals surface area contributed by atoms with Crippen molar-refractivity contribution in [3.8, 4) is 0 Å². The van der Waals surface area contributed by atoms with E-state index < -0.39 is 5.97 Å². The van der Waals surface area contributed by atoms with Crippen LogP contribution in [0.5, 0.6) is 0 Å². The summed E-state index contributed by atoms with van der Waals surface area (Å²) in [6, 6.07) is 1.52. The molecule has 98 valence electrons.